The second kappa shape index (κ2) is 11.0. The zero-order valence-corrected chi connectivity index (χ0v) is 18.2. The largest absolute Gasteiger partial charge is 0.477 e. The van der Waals surface area contributed by atoms with Crippen LogP contribution in [0.2, 0.25) is 10.0 Å². The molecule has 0 bridgehead atoms. The molecule has 1 aromatic heterocycles. The van der Waals surface area contributed by atoms with Crippen LogP contribution in [-0.4, -0.2) is 22.7 Å². The summed E-state index contributed by atoms with van der Waals surface area (Å²) in [5.74, 6) is 0.186. The van der Waals surface area contributed by atoms with Crippen LogP contribution >= 0.6 is 23.2 Å². The molecular formula is C23H23Cl2N3O2. The van der Waals surface area contributed by atoms with Crippen LogP contribution in [0, 0.1) is 0 Å². The number of rotatable bonds is 9. The minimum Gasteiger partial charge on any atom is -0.477 e. The Balaban J connectivity index is 1.80. The zero-order chi connectivity index (χ0) is 21.3. The molecule has 7 heteroatoms. The molecule has 0 aliphatic heterocycles. The lowest BCUT2D eigenvalue weighted by Gasteiger charge is -2.12. The zero-order valence-electron chi connectivity index (χ0n) is 16.7. The molecule has 5 nitrogen and oxygen atoms in total. The van der Waals surface area contributed by atoms with Crippen molar-refractivity contribution in [1.82, 2.24) is 10.2 Å². The first-order valence-electron chi connectivity index (χ1n) is 9.86. The summed E-state index contributed by atoms with van der Waals surface area (Å²) >= 11 is 12.0. The molecule has 0 fully saturated rings. The van der Waals surface area contributed by atoms with Crippen LogP contribution in [0.1, 0.15) is 31.7 Å². The highest BCUT2D eigenvalue weighted by molar-refractivity contribution is 6.42. The molecular weight excluding hydrogens is 421 g/mol. The van der Waals surface area contributed by atoms with E-state index in [1.807, 2.05) is 30.3 Å². The van der Waals surface area contributed by atoms with Gasteiger partial charge in [0.15, 0.2) is 0 Å². The van der Waals surface area contributed by atoms with Gasteiger partial charge in [-0.05, 0) is 24.1 Å². The summed E-state index contributed by atoms with van der Waals surface area (Å²) in [6.07, 6.45) is 3.29. The minimum absolute atomic E-state index is 0.153. The first kappa shape index (κ1) is 22.1. The number of nitrogens with zero attached hydrogens (tertiary/aromatic N) is 2. The number of anilines is 1. The van der Waals surface area contributed by atoms with Gasteiger partial charge in [-0.25, -0.2) is 0 Å². The molecule has 0 unspecified atom stereocenters. The molecule has 0 saturated heterocycles. The Labute approximate surface area is 186 Å². The number of amides is 1. The number of hydrogen-bond donors (Lipinski definition) is 1. The molecule has 3 rings (SSSR count). The molecule has 0 aliphatic rings. The Morgan fingerprint density at radius 2 is 1.80 bits per heavy atom. The summed E-state index contributed by atoms with van der Waals surface area (Å²) in [6.45, 7) is 2.69. The van der Waals surface area contributed by atoms with E-state index in [1.165, 1.54) is 0 Å². The van der Waals surface area contributed by atoms with Crippen molar-refractivity contribution in [2.45, 2.75) is 32.6 Å². The highest BCUT2D eigenvalue weighted by Crippen LogP contribution is 2.28. The summed E-state index contributed by atoms with van der Waals surface area (Å²) in [7, 11) is 0. The SMILES string of the molecule is CCCCCOc1cc(NC(=O)Cc2ccc(Cl)c(Cl)c2)c(-c2ccccc2)nn1. The van der Waals surface area contributed by atoms with Crippen LogP contribution in [0.4, 0.5) is 5.69 Å². The van der Waals surface area contributed by atoms with Crippen LogP contribution in [0.5, 0.6) is 5.88 Å². The monoisotopic (exact) mass is 443 g/mol. The Bertz CT molecular complexity index is 997. The molecule has 0 radical (unpaired) electrons. The van der Waals surface area contributed by atoms with Crippen LogP contribution < -0.4 is 10.1 Å². The van der Waals surface area contributed by atoms with Gasteiger partial charge in [-0.3, -0.25) is 4.79 Å². The fourth-order valence-electron chi connectivity index (χ4n) is 2.91. The molecule has 3 aromatic rings. The number of carbonyl (C=O) groups excluding carboxylic acids is 1. The molecule has 156 valence electrons. The average molecular weight is 444 g/mol. The number of nitrogens with one attached hydrogen (secondary N) is 1. The molecule has 1 heterocycles. The van der Waals surface area contributed by atoms with Gasteiger partial charge in [-0.2, -0.15) is 0 Å². The van der Waals surface area contributed by atoms with Gasteiger partial charge in [0.2, 0.25) is 11.8 Å². The maximum Gasteiger partial charge on any atom is 0.235 e. The van der Waals surface area contributed by atoms with Crippen LogP contribution in [0.3, 0.4) is 0 Å². The van der Waals surface area contributed by atoms with E-state index in [-0.39, 0.29) is 12.3 Å². The van der Waals surface area contributed by atoms with Gasteiger partial charge in [-0.15, -0.1) is 10.2 Å². The van der Waals surface area contributed by atoms with Crippen molar-refractivity contribution in [2.75, 3.05) is 11.9 Å². The van der Waals surface area contributed by atoms with Gasteiger partial charge in [-0.1, -0.05) is 79.4 Å². The van der Waals surface area contributed by atoms with Crippen molar-refractivity contribution in [1.29, 1.82) is 0 Å². The van der Waals surface area contributed by atoms with Gasteiger partial charge < -0.3 is 10.1 Å². The van der Waals surface area contributed by atoms with Crippen molar-refractivity contribution in [3.05, 3.63) is 70.2 Å². The fraction of sp³-hybridized carbons (Fsp3) is 0.261. The molecule has 0 saturated carbocycles. The number of ether oxygens (including phenoxy) is 1. The van der Waals surface area contributed by atoms with Crippen molar-refractivity contribution >= 4 is 34.8 Å². The predicted octanol–water partition coefficient (Wildman–Crippen LogP) is 6.20. The van der Waals surface area contributed by atoms with E-state index in [2.05, 4.69) is 22.4 Å². The van der Waals surface area contributed by atoms with Crippen LogP contribution in [0.25, 0.3) is 11.3 Å². The smallest absolute Gasteiger partial charge is 0.235 e. The Hall–Kier alpha value is -2.63. The standard InChI is InChI=1S/C23H23Cl2N3O2/c1-2-3-7-12-30-22-15-20(23(28-27-22)17-8-5-4-6-9-17)26-21(29)14-16-10-11-18(24)19(25)13-16/h4-6,8-11,13,15H,2-3,7,12,14H2,1H3,(H,26,27,29). The van der Waals surface area contributed by atoms with Gasteiger partial charge in [0.1, 0.15) is 5.69 Å². The molecule has 2 aromatic carbocycles. The molecule has 1 N–H and O–H groups in total. The van der Waals surface area contributed by atoms with E-state index < -0.39 is 0 Å². The topological polar surface area (TPSA) is 64.1 Å². The first-order chi connectivity index (χ1) is 14.6. The van der Waals surface area contributed by atoms with Crippen molar-refractivity contribution in [3.63, 3.8) is 0 Å². The second-order valence-electron chi connectivity index (χ2n) is 6.84. The number of halogens is 2. The van der Waals surface area contributed by atoms with Crippen molar-refractivity contribution in [3.8, 4) is 17.1 Å². The minimum atomic E-state index is -0.199. The van der Waals surface area contributed by atoms with E-state index in [0.717, 1.165) is 30.4 Å². The molecule has 0 aliphatic carbocycles. The normalized spacial score (nSPS) is 10.6. The highest BCUT2D eigenvalue weighted by Gasteiger charge is 2.14. The fourth-order valence-corrected chi connectivity index (χ4v) is 3.23. The third-order valence-electron chi connectivity index (χ3n) is 4.44. The Morgan fingerprint density at radius 1 is 1.00 bits per heavy atom. The van der Waals surface area contributed by atoms with Crippen molar-refractivity contribution < 1.29 is 9.53 Å². The summed E-state index contributed by atoms with van der Waals surface area (Å²) in [4.78, 5) is 12.7. The summed E-state index contributed by atoms with van der Waals surface area (Å²) in [5, 5.41) is 12.3. The maximum absolute atomic E-state index is 12.7. The third-order valence-corrected chi connectivity index (χ3v) is 5.18. The summed E-state index contributed by atoms with van der Waals surface area (Å²) < 4.78 is 5.71. The number of aromatic nitrogens is 2. The maximum atomic E-state index is 12.7. The van der Waals surface area contributed by atoms with E-state index >= 15 is 0 Å². The number of benzene rings is 2. The third kappa shape index (κ3) is 6.18. The molecule has 30 heavy (non-hydrogen) atoms. The van der Waals surface area contributed by atoms with Gasteiger partial charge >= 0.3 is 0 Å². The van der Waals surface area contributed by atoms with Gasteiger partial charge in [0.05, 0.1) is 28.8 Å². The summed E-state index contributed by atoms with van der Waals surface area (Å²) in [6, 6.07) is 16.4. The quantitative estimate of drug-likeness (QED) is 0.399. The Morgan fingerprint density at radius 3 is 2.53 bits per heavy atom. The summed E-state index contributed by atoms with van der Waals surface area (Å²) in [5.41, 5.74) is 2.75. The molecule has 0 atom stereocenters. The lowest BCUT2D eigenvalue weighted by Crippen LogP contribution is -2.16. The van der Waals surface area contributed by atoms with E-state index in [0.29, 0.717) is 33.9 Å². The van der Waals surface area contributed by atoms with Gasteiger partial charge in [0.25, 0.3) is 0 Å². The highest BCUT2D eigenvalue weighted by atomic mass is 35.5. The predicted molar refractivity (Wildman–Crippen MR) is 121 cm³/mol. The van der Waals surface area contributed by atoms with Crippen LogP contribution in [0.15, 0.2) is 54.6 Å². The lowest BCUT2D eigenvalue weighted by molar-refractivity contribution is -0.115. The number of unbranched alkanes of at least 4 members (excludes halogenated alkanes) is 2. The van der Waals surface area contributed by atoms with E-state index in [1.54, 1.807) is 24.3 Å². The molecule has 0 spiro atoms. The average Bonchev–Trinajstić information content (AvgIpc) is 2.75. The first-order valence-corrected chi connectivity index (χ1v) is 10.6. The van der Waals surface area contributed by atoms with E-state index in [4.69, 9.17) is 27.9 Å². The molecule has 1 amide bonds. The van der Waals surface area contributed by atoms with Crippen molar-refractivity contribution in [2.24, 2.45) is 0 Å². The number of carbonyl (C=O) groups is 1. The second-order valence-corrected chi connectivity index (χ2v) is 7.65. The van der Waals surface area contributed by atoms with Crippen LogP contribution in [-0.2, 0) is 11.2 Å². The lowest BCUT2D eigenvalue weighted by atomic mass is 10.1. The van der Waals surface area contributed by atoms with Gasteiger partial charge in [0, 0.05) is 11.6 Å². The number of hydrogen-bond acceptors (Lipinski definition) is 4. The van der Waals surface area contributed by atoms with E-state index in [9.17, 15) is 4.79 Å². The Kier molecular flexibility index (Phi) is 8.05.